The van der Waals surface area contributed by atoms with Crippen molar-refractivity contribution in [2.45, 2.75) is 37.8 Å². The number of nitrogens with one attached hydrogen (secondary N) is 2. The molecule has 0 aliphatic heterocycles. The third kappa shape index (κ3) is 5.74. The Morgan fingerprint density at radius 1 is 1.17 bits per heavy atom. The SMILES string of the molecule is O=C(Cc1csc(-c2cc(Br)cs2)n1)NC(Cc1ccccc1)C(=O)NC1CC1. The van der Waals surface area contributed by atoms with E-state index in [9.17, 15) is 9.59 Å². The number of hydrogen-bond donors (Lipinski definition) is 2. The lowest BCUT2D eigenvalue weighted by Crippen LogP contribution is -2.49. The molecule has 2 amide bonds. The van der Waals surface area contributed by atoms with Crippen LogP contribution in [0.5, 0.6) is 0 Å². The molecular weight excluding hydrogens is 470 g/mol. The van der Waals surface area contributed by atoms with Crippen LogP contribution in [0.25, 0.3) is 9.88 Å². The number of amides is 2. The molecule has 4 rings (SSSR count). The third-order valence-corrected chi connectivity index (χ3v) is 7.28. The number of benzene rings is 1. The molecule has 150 valence electrons. The summed E-state index contributed by atoms with van der Waals surface area (Å²) >= 11 is 6.58. The zero-order valence-corrected chi connectivity index (χ0v) is 18.8. The van der Waals surface area contributed by atoms with Crippen molar-refractivity contribution in [1.82, 2.24) is 15.6 Å². The summed E-state index contributed by atoms with van der Waals surface area (Å²) in [5.74, 6) is -0.312. The summed E-state index contributed by atoms with van der Waals surface area (Å²) in [7, 11) is 0. The van der Waals surface area contributed by atoms with E-state index >= 15 is 0 Å². The molecule has 29 heavy (non-hydrogen) atoms. The quantitative estimate of drug-likeness (QED) is 0.498. The molecule has 1 unspecified atom stereocenters. The van der Waals surface area contributed by atoms with E-state index in [4.69, 9.17) is 0 Å². The maximum absolute atomic E-state index is 12.6. The number of thiophene rings is 1. The van der Waals surface area contributed by atoms with Gasteiger partial charge in [-0.25, -0.2) is 4.98 Å². The lowest BCUT2D eigenvalue weighted by atomic mass is 10.0. The van der Waals surface area contributed by atoms with Crippen LogP contribution in [-0.4, -0.2) is 28.9 Å². The van der Waals surface area contributed by atoms with Crippen LogP contribution in [0.4, 0.5) is 0 Å². The van der Waals surface area contributed by atoms with E-state index in [0.717, 1.165) is 32.8 Å². The Morgan fingerprint density at radius 2 is 1.97 bits per heavy atom. The minimum Gasteiger partial charge on any atom is -0.352 e. The smallest absolute Gasteiger partial charge is 0.243 e. The van der Waals surface area contributed by atoms with E-state index in [2.05, 4.69) is 31.5 Å². The van der Waals surface area contributed by atoms with Crippen LogP contribution < -0.4 is 10.6 Å². The molecule has 2 N–H and O–H groups in total. The number of hydrogen-bond acceptors (Lipinski definition) is 5. The maximum atomic E-state index is 12.6. The molecule has 1 saturated carbocycles. The molecule has 0 bridgehead atoms. The van der Waals surface area contributed by atoms with Crippen molar-refractivity contribution < 1.29 is 9.59 Å². The van der Waals surface area contributed by atoms with Crippen LogP contribution in [-0.2, 0) is 22.4 Å². The molecule has 0 spiro atoms. The topological polar surface area (TPSA) is 71.1 Å². The highest BCUT2D eigenvalue weighted by Gasteiger charge is 2.28. The van der Waals surface area contributed by atoms with Gasteiger partial charge in [-0.05, 0) is 40.4 Å². The Balaban J connectivity index is 1.40. The second-order valence-electron chi connectivity index (χ2n) is 7.04. The lowest BCUT2D eigenvalue weighted by Gasteiger charge is -2.18. The molecular formula is C21H20BrN3O2S2. The number of halogens is 1. The Labute approximate surface area is 185 Å². The van der Waals surface area contributed by atoms with Gasteiger partial charge in [0.15, 0.2) is 0 Å². The first-order chi connectivity index (χ1) is 14.1. The van der Waals surface area contributed by atoms with Gasteiger partial charge < -0.3 is 10.6 Å². The van der Waals surface area contributed by atoms with Gasteiger partial charge in [-0.2, -0.15) is 0 Å². The Hall–Kier alpha value is -2.03. The number of rotatable bonds is 8. The van der Waals surface area contributed by atoms with Gasteiger partial charge in [-0.3, -0.25) is 9.59 Å². The fourth-order valence-corrected chi connectivity index (χ4v) is 5.25. The molecule has 1 atom stereocenters. The minimum atomic E-state index is -0.586. The van der Waals surface area contributed by atoms with Gasteiger partial charge in [0.25, 0.3) is 0 Å². The maximum Gasteiger partial charge on any atom is 0.243 e. The Morgan fingerprint density at radius 3 is 2.66 bits per heavy atom. The summed E-state index contributed by atoms with van der Waals surface area (Å²) in [6.07, 6.45) is 2.65. The summed E-state index contributed by atoms with van der Waals surface area (Å²) in [4.78, 5) is 30.9. The van der Waals surface area contributed by atoms with Crippen molar-refractivity contribution in [3.63, 3.8) is 0 Å². The molecule has 1 fully saturated rings. The van der Waals surface area contributed by atoms with Crippen molar-refractivity contribution in [3.8, 4) is 9.88 Å². The Kier molecular flexibility index (Phi) is 6.42. The highest BCUT2D eigenvalue weighted by Crippen LogP contribution is 2.32. The molecule has 0 saturated heterocycles. The number of carbonyl (C=O) groups is 2. The van der Waals surface area contributed by atoms with E-state index in [0.29, 0.717) is 12.1 Å². The summed E-state index contributed by atoms with van der Waals surface area (Å²) in [6.45, 7) is 0. The zero-order chi connectivity index (χ0) is 20.2. The third-order valence-electron chi connectivity index (χ3n) is 4.53. The van der Waals surface area contributed by atoms with Crippen LogP contribution >= 0.6 is 38.6 Å². The molecule has 1 aliphatic carbocycles. The Bertz CT molecular complexity index is 998. The molecule has 2 heterocycles. The monoisotopic (exact) mass is 489 g/mol. The molecule has 2 aromatic heterocycles. The number of thiazole rings is 1. The number of carbonyl (C=O) groups excluding carboxylic acids is 2. The average molecular weight is 490 g/mol. The van der Waals surface area contributed by atoms with Crippen LogP contribution in [0.2, 0.25) is 0 Å². The van der Waals surface area contributed by atoms with Crippen molar-refractivity contribution >= 4 is 50.4 Å². The fourth-order valence-electron chi connectivity index (χ4n) is 2.92. The van der Waals surface area contributed by atoms with Gasteiger partial charge in [-0.15, -0.1) is 22.7 Å². The second kappa shape index (κ2) is 9.19. The highest BCUT2D eigenvalue weighted by atomic mass is 79.9. The largest absolute Gasteiger partial charge is 0.352 e. The van der Waals surface area contributed by atoms with Crippen molar-refractivity contribution in [1.29, 1.82) is 0 Å². The molecule has 5 nitrogen and oxygen atoms in total. The summed E-state index contributed by atoms with van der Waals surface area (Å²) in [6, 6.07) is 11.4. The van der Waals surface area contributed by atoms with Crippen LogP contribution in [0.15, 0.2) is 51.6 Å². The minimum absolute atomic E-state index is 0.118. The fraction of sp³-hybridized carbons (Fsp3) is 0.286. The van der Waals surface area contributed by atoms with Gasteiger partial charge in [0.05, 0.1) is 17.0 Å². The molecule has 8 heteroatoms. The average Bonchev–Trinajstić information content (AvgIpc) is 3.21. The van der Waals surface area contributed by atoms with E-state index < -0.39 is 6.04 Å². The lowest BCUT2D eigenvalue weighted by molar-refractivity contribution is -0.128. The predicted octanol–water partition coefficient (Wildman–Crippen LogP) is 4.18. The predicted molar refractivity (Wildman–Crippen MR) is 120 cm³/mol. The zero-order valence-electron chi connectivity index (χ0n) is 15.6. The first kappa shape index (κ1) is 20.3. The van der Waals surface area contributed by atoms with Gasteiger partial charge in [0, 0.05) is 27.7 Å². The number of aromatic nitrogens is 1. The van der Waals surface area contributed by atoms with Gasteiger partial charge in [0.2, 0.25) is 11.8 Å². The molecule has 3 aromatic rings. The van der Waals surface area contributed by atoms with Crippen LogP contribution in [0.1, 0.15) is 24.1 Å². The molecule has 0 radical (unpaired) electrons. The first-order valence-corrected chi connectivity index (χ1v) is 11.9. The summed E-state index contributed by atoms with van der Waals surface area (Å²) < 4.78 is 1.03. The standard InChI is InChI=1S/C21H20BrN3O2S2/c22-14-9-18(28-11-14)21-24-16(12-29-21)10-19(26)25-17(20(27)23-15-6-7-15)8-13-4-2-1-3-5-13/h1-5,9,11-12,15,17H,6-8,10H2,(H,23,27)(H,25,26). The van der Waals surface area contributed by atoms with Crippen LogP contribution in [0.3, 0.4) is 0 Å². The van der Waals surface area contributed by atoms with Crippen molar-refractivity contribution in [2.24, 2.45) is 0 Å². The highest BCUT2D eigenvalue weighted by molar-refractivity contribution is 9.10. The van der Waals surface area contributed by atoms with Gasteiger partial charge in [-0.1, -0.05) is 30.3 Å². The number of nitrogens with zero attached hydrogens (tertiary/aromatic N) is 1. The molecule has 1 aliphatic rings. The van der Waals surface area contributed by atoms with E-state index in [1.54, 1.807) is 11.3 Å². The van der Waals surface area contributed by atoms with E-state index in [1.165, 1.54) is 11.3 Å². The van der Waals surface area contributed by atoms with E-state index in [1.807, 2.05) is 47.2 Å². The summed E-state index contributed by atoms with van der Waals surface area (Å²) in [5.41, 5.74) is 1.73. The first-order valence-electron chi connectivity index (χ1n) is 9.39. The second-order valence-corrected chi connectivity index (χ2v) is 9.73. The van der Waals surface area contributed by atoms with Crippen molar-refractivity contribution in [2.75, 3.05) is 0 Å². The van der Waals surface area contributed by atoms with E-state index in [-0.39, 0.29) is 24.3 Å². The van der Waals surface area contributed by atoms with Gasteiger partial charge >= 0.3 is 0 Å². The van der Waals surface area contributed by atoms with Crippen LogP contribution in [0, 0.1) is 0 Å². The molecule has 1 aromatic carbocycles. The van der Waals surface area contributed by atoms with Crippen molar-refractivity contribution in [3.05, 3.63) is 62.9 Å². The normalized spacial score (nSPS) is 14.4. The summed E-state index contributed by atoms with van der Waals surface area (Å²) in [5, 5.41) is 10.7. The van der Waals surface area contributed by atoms with Gasteiger partial charge in [0.1, 0.15) is 11.0 Å².